The fourth-order valence-electron chi connectivity index (χ4n) is 2.16. The Kier molecular flexibility index (Phi) is 3.15. The summed E-state index contributed by atoms with van der Waals surface area (Å²) in [4.78, 5) is 0. The van der Waals surface area contributed by atoms with Crippen molar-refractivity contribution in [2.45, 2.75) is 33.1 Å². The Hall–Kier alpha value is -1.42. The van der Waals surface area contributed by atoms with Crippen LogP contribution < -0.4 is 5.73 Å². The second-order valence-electron chi connectivity index (χ2n) is 5.68. The van der Waals surface area contributed by atoms with Gasteiger partial charge in [-0.25, -0.2) is 0 Å². The van der Waals surface area contributed by atoms with E-state index in [9.17, 15) is 0 Å². The van der Waals surface area contributed by atoms with E-state index in [-0.39, 0.29) is 11.3 Å². The third-order valence-corrected chi connectivity index (χ3v) is 2.85. The second-order valence-corrected chi connectivity index (χ2v) is 5.68. The summed E-state index contributed by atoms with van der Waals surface area (Å²) in [6, 6.07) is 5.92. The maximum Gasteiger partial charge on any atom is 0.160 e. The number of aromatic nitrogens is 3. The van der Waals surface area contributed by atoms with Crippen molar-refractivity contribution in [1.29, 1.82) is 0 Å². The molecule has 92 valence electrons. The number of hydrogen-bond donors (Lipinski definition) is 1. The normalized spacial score (nSPS) is 14.1. The molecule has 1 atom stereocenters. The molecule has 1 unspecified atom stereocenters. The van der Waals surface area contributed by atoms with Crippen molar-refractivity contribution in [3.05, 3.63) is 30.2 Å². The van der Waals surface area contributed by atoms with Crippen molar-refractivity contribution in [3.63, 3.8) is 0 Å². The number of nitrogens with two attached hydrogens (primary N) is 1. The minimum absolute atomic E-state index is 0.241. The van der Waals surface area contributed by atoms with Gasteiger partial charge >= 0.3 is 0 Å². The predicted molar refractivity (Wildman–Crippen MR) is 68.9 cm³/mol. The molecule has 4 heteroatoms. The Morgan fingerprint density at radius 3 is 2.71 bits per heavy atom. The summed E-state index contributed by atoms with van der Waals surface area (Å²) in [5, 5.41) is 8.46. The summed E-state index contributed by atoms with van der Waals surface area (Å²) in [5.41, 5.74) is 7.01. The van der Waals surface area contributed by atoms with E-state index in [0.717, 1.165) is 17.9 Å². The lowest BCUT2D eigenvalue weighted by Gasteiger charge is -2.23. The average Bonchev–Trinajstić information content (AvgIpc) is 2.68. The van der Waals surface area contributed by atoms with Crippen LogP contribution in [0.5, 0.6) is 0 Å². The molecular formula is C13H20N4. The first-order valence-corrected chi connectivity index (χ1v) is 6.01. The molecule has 0 saturated carbocycles. The monoisotopic (exact) mass is 232 g/mol. The third kappa shape index (κ3) is 2.64. The first-order chi connectivity index (χ1) is 8.01. The molecule has 4 nitrogen and oxygen atoms in total. The van der Waals surface area contributed by atoms with Gasteiger partial charge in [0.2, 0.25) is 0 Å². The molecule has 0 saturated heterocycles. The molecular weight excluding hydrogens is 212 g/mol. The smallest absolute Gasteiger partial charge is 0.160 e. The summed E-state index contributed by atoms with van der Waals surface area (Å²) >= 11 is 0. The molecule has 2 aromatic rings. The number of hydrogen-bond acceptors (Lipinski definition) is 3. The van der Waals surface area contributed by atoms with Gasteiger partial charge in [0.15, 0.2) is 5.65 Å². The van der Waals surface area contributed by atoms with Gasteiger partial charge in [0.1, 0.15) is 5.82 Å². The molecule has 2 heterocycles. The van der Waals surface area contributed by atoms with Gasteiger partial charge in [-0.3, -0.25) is 4.40 Å². The molecule has 0 amide bonds. The van der Waals surface area contributed by atoms with Crippen LogP contribution in [0.15, 0.2) is 24.4 Å². The van der Waals surface area contributed by atoms with Crippen molar-refractivity contribution in [3.8, 4) is 0 Å². The van der Waals surface area contributed by atoms with Crippen LogP contribution in [-0.4, -0.2) is 21.1 Å². The maximum atomic E-state index is 5.88. The highest BCUT2D eigenvalue weighted by Gasteiger charge is 2.23. The molecule has 0 aliphatic rings. The van der Waals surface area contributed by atoms with Crippen LogP contribution in [0.2, 0.25) is 0 Å². The van der Waals surface area contributed by atoms with Crippen molar-refractivity contribution < 1.29 is 0 Å². The lowest BCUT2D eigenvalue weighted by Crippen LogP contribution is -2.21. The molecule has 0 aromatic carbocycles. The summed E-state index contributed by atoms with van der Waals surface area (Å²) in [6.45, 7) is 7.27. The summed E-state index contributed by atoms with van der Waals surface area (Å²) in [7, 11) is 0. The highest BCUT2D eigenvalue weighted by atomic mass is 15.2. The van der Waals surface area contributed by atoms with Crippen molar-refractivity contribution in [2.75, 3.05) is 6.54 Å². The molecule has 17 heavy (non-hydrogen) atoms. The van der Waals surface area contributed by atoms with E-state index < -0.39 is 0 Å². The number of nitrogens with zero attached hydrogens (tertiary/aromatic N) is 3. The zero-order valence-corrected chi connectivity index (χ0v) is 10.7. The van der Waals surface area contributed by atoms with Crippen LogP contribution >= 0.6 is 0 Å². The Morgan fingerprint density at radius 2 is 2.06 bits per heavy atom. The third-order valence-electron chi connectivity index (χ3n) is 2.85. The van der Waals surface area contributed by atoms with Crippen LogP contribution in [0, 0.1) is 5.41 Å². The second kappa shape index (κ2) is 4.45. The van der Waals surface area contributed by atoms with Gasteiger partial charge in [0.05, 0.1) is 0 Å². The summed E-state index contributed by atoms with van der Waals surface area (Å²) in [6.07, 6.45) is 3.01. The molecule has 2 aromatic heterocycles. The predicted octanol–water partition coefficient (Wildman–Crippen LogP) is 2.21. The molecule has 0 bridgehead atoms. The number of rotatable bonds is 3. The van der Waals surface area contributed by atoms with Crippen molar-refractivity contribution >= 4 is 5.65 Å². The summed E-state index contributed by atoms with van der Waals surface area (Å²) < 4.78 is 2.03. The number of fused-ring (bicyclic) bond motifs is 1. The van der Waals surface area contributed by atoms with Crippen LogP contribution in [0.4, 0.5) is 0 Å². The van der Waals surface area contributed by atoms with E-state index in [2.05, 4.69) is 31.0 Å². The largest absolute Gasteiger partial charge is 0.330 e. The fraction of sp³-hybridized carbons (Fsp3) is 0.538. The quantitative estimate of drug-likeness (QED) is 0.882. The van der Waals surface area contributed by atoms with Crippen LogP contribution in [0.25, 0.3) is 5.65 Å². The van der Waals surface area contributed by atoms with Crippen molar-refractivity contribution in [2.24, 2.45) is 11.1 Å². The Morgan fingerprint density at radius 1 is 1.29 bits per heavy atom. The summed E-state index contributed by atoms with van der Waals surface area (Å²) in [5.74, 6) is 1.23. The highest BCUT2D eigenvalue weighted by molar-refractivity contribution is 5.37. The molecule has 0 radical (unpaired) electrons. The topological polar surface area (TPSA) is 56.2 Å². The zero-order chi connectivity index (χ0) is 12.5. The molecule has 0 spiro atoms. The number of pyridine rings is 1. The highest BCUT2D eigenvalue weighted by Crippen LogP contribution is 2.29. The van der Waals surface area contributed by atoms with E-state index in [1.54, 1.807) is 0 Å². The Balaban J connectivity index is 2.37. The first-order valence-electron chi connectivity index (χ1n) is 6.01. The Bertz CT molecular complexity index is 495. The lowest BCUT2D eigenvalue weighted by molar-refractivity contribution is 0.335. The standard InChI is InChI=1S/C13H20N4/c1-13(2,3)8-10(9-14)12-16-15-11-6-4-5-7-17(11)12/h4-7,10H,8-9,14H2,1-3H3. The molecule has 0 aliphatic carbocycles. The maximum absolute atomic E-state index is 5.88. The average molecular weight is 232 g/mol. The van der Waals surface area contributed by atoms with Crippen LogP contribution in [0.1, 0.15) is 38.9 Å². The molecule has 0 aliphatic heterocycles. The fourth-order valence-corrected chi connectivity index (χ4v) is 2.16. The molecule has 2 rings (SSSR count). The van der Waals surface area contributed by atoms with E-state index >= 15 is 0 Å². The minimum Gasteiger partial charge on any atom is -0.330 e. The van der Waals surface area contributed by atoms with E-state index in [4.69, 9.17) is 5.73 Å². The first kappa shape index (κ1) is 12.0. The lowest BCUT2D eigenvalue weighted by atomic mass is 9.84. The molecule has 2 N–H and O–H groups in total. The van der Waals surface area contributed by atoms with E-state index in [0.29, 0.717) is 6.54 Å². The van der Waals surface area contributed by atoms with Gasteiger partial charge < -0.3 is 5.73 Å². The van der Waals surface area contributed by atoms with Gasteiger partial charge in [0, 0.05) is 18.7 Å². The van der Waals surface area contributed by atoms with Crippen LogP contribution in [0.3, 0.4) is 0 Å². The van der Waals surface area contributed by atoms with Gasteiger partial charge in [-0.15, -0.1) is 10.2 Å². The van der Waals surface area contributed by atoms with E-state index in [1.165, 1.54) is 0 Å². The van der Waals surface area contributed by atoms with Gasteiger partial charge in [0.25, 0.3) is 0 Å². The van der Waals surface area contributed by atoms with Gasteiger partial charge in [-0.05, 0) is 24.0 Å². The van der Waals surface area contributed by atoms with Crippen LogP contribution in [-0.2, 0) is 0 Å². The molecule has 0 fully saturated rings. The Labute approximate surface area is 102 Å². The van der Waals surface area contributed by atoms with Crippen molar-refractivity contribution in [1.82, 2.24) is 14.6 Å². The van der Waals surface area contributed by atoms with Gasteiger partial charge in [-0.1, -0.05) is 26.8 Å². The van der Waals surface area contributed by atoms with E-state index in [1.807, 2.05) is 28.8 Å². The van der Waals surface area contributed by atoms with Gasteiger partial charge in [-0.2, -0.15) is 0 Å². The SMILES string of the molecule is CC(C)(C)CC(CN)c1nnc2ccccn12. The minimum atomic E-state index is 0.241. The zero-order valence-electron chi connectivity index (χ0n) is 10.7.